The molecule has 1 atom stereocenters. The van der Waals surface area contributed by atoms with Crippen LogP contribution >= 0.6 is 0 Å². The molecule has 2 aromatic rings. The molecule has 0 spiro atoms. The molecule has 0 fully saturated rings. The Hall–Kier alpha value is -2.82. The number of aromatic nitrogens is 3. The number of aryl methyl sites for hydroxylation is 1. The van der Waals surface area contributed by atoms with Gasteiger partial charge >= 0.3 is 5.97 Å². The summed E-state index contributed by atoms with van der Waals surface area (Å²) in [7, 11) is 1.80. The summed E-state index contributed by atoms with van der Waals surface area (Å²) < 4.78 is 12.0. The lowest BCUT2D eigenvalue weighted by Crippen LogP contribution is -2.22. The topological polar surface area (TPSA) is 102 Å². The highest BCUT2D eigenvalue weighted by Crippen LogP contribution is 2.17. The predicted octanol–water partition coefficient (Wildman–Crippen LogP) is 2.16. The minimum absolute atomic E-state index is 0.0686. The van der Waals surface area contributed by atoms with Crippen LogP contribution in [0.1, 0.15) is 32.4 Å². The molecule has 0 bridgehead atoms. The lowest BCUT2D eigenvalue weighted by Gasteiger charge is -2.14. The highest BCUT2D eigenvalue weighted by Gasteiger charge is 2.16. The van der Waals surface area contributed by atoms with Gasteiger partial charge in [0.2, 0.25) is 0 Å². The van der Waals surface area contributed by atoms with Crippen molar-refractivity contribution in [3.63, 3.8) is 0 Å². The molecule has 8 heteroatoms. The van der Waals surface area contributed by atoms with E-state index in [4.69, 9.17) is 14.7 Å². The summed E-state index contributed by atoms with van der Waals surface area (Å²) in [6, 6.07) is 3.89. The zero-order valence-electron chi connectivity index (χ0n) is 14.7. The highest BCUT2D eigenvalue weighted by atomic mass is 16.6. The number of fused-ring (bicyclic) bond motifs is 1. The molecule has 1 unspecified atom stereocenters. The predicted molar refractivity (Wildman–Crippen MR) is 91.8 cm³/mol. The van der Waals surface area contributed by atoms with Crippen LogP contribution in [0.25, 0.3) is 5.52 Å². The van der Waals surface area contributed by atoms with Crippen molar-refractivity contribution in [2.24, 2.45) is 5.92 Å². The summed E-state index contributed by atoms with van der Waals surface area (Å²) in [6.45, 7) is 3.96. The molecule has 0 aromatic carbocycles. The van der Waals surface area contributed by atoms with Gasteiger partial charge in [-0.05, 0) is 30.9 Å². The van der Waals surface area contributed by atoms with Gasteiger partial charge in [0.25, 0.3) is 6.26 Å². The van der Waals surface area contributed by atoms with E-state index < -0.39 is 6.10 Å². The lowest BCUT2D eigenvalue weighted by molar-refractivity contribution is -0.147. The van der Waals surface area contributed by atoms with Crippen LogP contribution in [0.4, 0.5) is 5.82 Å². The van der Waals surface area contributed by atoms with Crippen molar-refractivity contribution < 1.29 is 14.3 Å². The number of nitrogens with zero attached hydrogens (tertiary/aromatic N) is 4. The summed E-state index contributed by atoms with van der Waals surface area (Å²) in [6.07, 6.45) is 4.21. The van der Waals surface area contributed by atoms with E-state index in [1.807, 2.05) is 26.0 Å². The van der Waals surface area contributed by atoms with E-state index >= 15 is 0 Å². The maximum absolute atomic E-state index is 11.7. The van der Waals surface area contributed by atoms with Gasteiger partial charge in [-0.25, -0.2) is 9.50 Å². The molecule has 8 nitrogen and oxygen atoms in total. The van der Waals surface area contributed by atoms with Crippen LogP contribution in [0.3, 0.4) is 0 Å². The Balaban J connectivity index is 1.97. The van der Waals surface area contributed by atoms with E-state index in [0.717, 1.165) is 17.0 Å². The Kier molecular flexibility index (Phi) is 6.57. The maximum Gasteiger partial charge on any atom is 0.306 e. The molecule has 2 rings (SSSR count). The van der Waals surface area contributed by atoms with Crippen LogP contribution in [-0.2, 0) is 20.7 Å². The second-order valence-corrected chi connectivity index (χ2v) is 6.13. The Morgan fingerprint density at radius 3 is 2.92 bits per heavy atom. The van der Waals surface area contributed by atoms with Gasteiger partial charge in [0.05, 0.1) is 0 Å². The third-order valence-electron chi connectivity index (χ3n) is 3.71. The Bertz CT molecular complexity index is 750. The van der Waals surface area contributed by atoms with E-state index in [2.05, 4.69) is 15.4 Å². The number of hydrogen-bond donors (Lipinski definition) is 1. The SMILES string of the molecule is CNc1ncnn2c(CCC(COC(=O)CC(C)C)OC#N)ccc12. The van der Waals surface area contributed by atoms with Gasteiger partial charge in [0.1, 0.15) is 24.6 Å². The maximum atomic E-state index is 11.7. The van der Waals surface area contributed by atoms with Crippen LogP contribution in [0.2, 0.25) is 0 Å². The second kappa shape index (κ2) is 8.87. The molecule has 134 valence electrons. The molecular formula is C17H23N5O3. The summed E-state index contributed by atoms with van der Waals surface area (Å²) in [5.74, 6) is 0.700. The zero-order chi connectivity index (χ0) is 18.2. The van der Waals surface area contributed by atoms with Crippen molar-refractivity contribution in [1.82, 2.24) is 14.6 Å². The summed E-state index contributed by atoms with van der Waals surface area (Å²) in [5.41, 5.74) is 1.84. The number of carbonyl (C=O) groups is 1. The molecule has 25 heavy (non-hydrogen) atoms. The molecule has 1 N–H and O–H groups in total. The Morgan fingerprint density at radius 1 is 1.44 bits per heavy atom. The minimum Gasteiger partial charge on any atom is -0.462 e. The van der Waals surface area contributed by atoms with Crippen molar-refractivity contribution >= 4 is 17.3 Å². The van der Waals surface area contributed by atoms with E-state index in [0.29, 0.717) is 19.3 Å². The van der Waals surface area contributed by atoms with Gasteiger partial charge in [0, 0.05) is 19.2 Å². The fourth-order valence-corrected chi connectivity index (χ4v) is 2.51. The zero-order valence-corrected chi connectivity index (χ0v) is 14.7. The van der Waals surface area contributed by atoms with Gasteiger partial charge in [-0.15, -0.1) is 0 Å². The minimum atomic E-state index is -0.475. The molecule has 0 aliphatic carbocycles. The molecular weight excluding hydrogens is 322 g/mol. The molecule has 0 saturated heterocycles. The molecule has 0 amide bonds. The van der Waals surface area contributed by atoms with E-state index in [1.54, 1.807) is 17.8 Å². The molecule has 0 aliphatic heterocycles. The lowest BCUT2D eigenvalue weighted by atomic mass is 10.1. The van der Waals surface area contributed by atoms with E-state index in [-0.39, 0.29) is 18.5 Å². The standard InChI is InChI=1S/C17H23N5O3/c1-12(2)8-16(23)24-9-14(25-10-18)6-4-13-5-7-15-17(19-3)20-11-21-22(13)15/h5,7,11-12,14H,4,6,8-9H2,1-3H3,(H,19,20,21). The van der Waals surface area contributed by atoms with Crippen LogP contribution in [0.5, 0.6) is 0 Å². The fraction of sp³-hybridized carbons (Fsp3) is 0.529. The van der Waals surface area contributed by atoms with Crippen LogP contribution in [0, 0.1) is 17.4 Å². The fourth-order valence-electron chi connectivity index (χ4n) is 2.51. The molecule has 0 radical (unpaired) electrons. The van der Waals surface area contributed by atoms with Gasteiger partial charge in [-0.1, -0.05) is 13.8 Å². The second-order valence-electron chi connectivity index (χ2n) is 6.13. The number of carbonyl (C=O) groups excluding carboxylic acids is 1. The first-order chi connectivity index (χ1) is 12.0. The Labute approximate surface area is 146 Å². The number of nitrogens with one attached hydrogen (secondary N) is 1. The Morgan fingerprint density at radius 2 is 2.24 bits per heavy atom. The van der Waals surface area contributed by atoms with Crippen LogP contribution in [-0.4, -0.2) is 40.3 Å². The first kappa shape index (κ1) is 18.5. The van der Waals surface area contributed by atoms with Crippen LogP contribution < -0.4 is 5.32 Å². The summed E-state index contributed by atoms with van der Waals surface area (Å²) in [5, 5.41) is 16.1. The van der Waals surface area contributed by atoms with Crippen LogP contribution in [0.15, 0.2) is 18.5 Å². The van der Waals surface area contributed by atoms with Gasteiger partial charge in [-0.2, -0.15) is 10.4 Å². The van der Waals surface area contributed by atoms with Crippen molar-refractivity contribution in [3.05, 3.63) is 24.2 Å². The highest BCUT2D eigenvalue weighted by molar-refractivity contribution is 5.69. The summed E-state index contributed by atoms with van der Waals surface area (Å²) in [4.78, 5) is 15.8. The number of rotatable bonds is 9. The van der Waals surface area contributed by atoms with Crippen molar-refractivity contribution in [2.45, 2.75) is 39.2 Å². The number of hydrogen-bond acceptors (Lipinski definition) is 7. The van der Waals surface area contributed by atoms with E-state index in [9.17, 15) is 4.79 Å². The first-order valence-corrected chi connectivity index (χ1v) is 8.24. The number of nitriles is 1. The molecule has 2 heterocycles. The van der Waals surface area contributed by atoms with E-state index in [1.165, 1.54) is 6.33 Å². The van der Waals surface area contributed by atoms with Gasteiger partial charge in [0.15, 0.2) is 5.82 Å². The smallest absolute Gasteiger partial charge is 0.306 e. The van der Waals surface area contributed by atoms with Gasteiger partial charge in [-0.3, -0.25) is 4.79 Å². The molecule has 2 aromatic heterocycles. The number of anilines is 1. The summed E-state index contributed by atoms with van der Waals surface area (Å²) >= 11 is 0. The van der Waals surface area contributed by atoms with Crippen molar-refractivity contribution in [3.8, 4) is 6.26 Å². The monoisotopic (exact) mass is 345 g/mol. The van der Waals surface area contributed by atoms with Crippen molar-refractivity contribution in [2.75, 3.05) is 19.0 Å². The normalized spacial score (nSPS) is 12.0. The third-order valence-corrected chi connectivity index (χ3v) is 3.71. The quantitative estimate of drug-likeness (QED) is 0.549. The molecule has 0 saturated carbocycles. The van der Waals surface area contributed by atoms with Crippen molar-refractivity contribution in [1.29, 1.82) is 5.26 Å². The molecule has 0 aliphatic rings. The first-order valence-electron chi connectivity index (χ1n) is 8.24. The number of ether oxygens (including phenoxy) is 2. The third kappa shape index (κ3) is 5.08. The average Bonchev–Trinajstić information content (AvgIpc) is 3.00. The largest absolute Gasteiger partial charge is 0.462 e. The number of esters is 1. The average molecular weight is 345 g/mol. The van der Waals surface area contributed by atoms with Gasteiger partial charge < -0.3 is 14.8 Å².